The maximum Gasteiger partial charge on any atom is 0.181 e. The van der Waals surface area contributed by atoms with Gasteiger partial charge in [0.05, 0.1) is 11.6 Å². The van der Waals surface area contributed by atoms with E-state index in [0.717, 1.165) is 34.1 Å². The number of nitrogens with one attached hydrogen (secondary N) is 1. The Labute approximate surface area is 139 Å². The van der Waals surface area contributed by atoms with Gasteiger partial charge in [-0.1, -0.05) is 60.7 Å². The van der Waals surface area contributed by atoms with Gasteiger partial charge in [-0.2, -0.15) is 5.10 Å². The maximum absolute atomic E-state index is 11.7. The van der Waals surface area contributed by atoms with Crippen LogP contribution >= 0.6 is 0 Å². The molecule has 4 rings (SSSR count). The number of H-pyrrole nitrogens is 1. The molecule has 1 atom stereocenters. The van der Waals surface area contributed by atoms with Crippen molar-refractivity contribution >= 4 is 17.3 Å². The lowest BCUT2D eigenvalue weighted by Crippen LogP contribution is -2.03. The molecular formula is C20H15N3O. The zero-order valence-corrected chi connectivity index (χ0v) is 12.9. The Morgan fingerprint density at radius 2 is 1.62 bits per heavy atom. The SMILES string of the molecule is O=CC(c1ccccc1)c1[nH]nc2ncc(-c3ccccc3)cc12. The first-order chi connectivity index (χ1) is 11.9. The van der Waals surface area contributed by atoms with Crippen LogP contribution in [-0.2, 0) is 4.79 Å². The van der Waals surface area contributed by atoms with Crippen LogP contribution in [0.1, 0.15) is 17.2 Å². The highest BCUT2D eigenvalue weighted by Gasteiger charge is 2.19. The number of rotatable bonds is 4. The normalized spacial score (nSPS) is 12.2. The predicted octanol–water partition coefficient (Wildman–Crippen LogP) is 3.96. The van der Waals surface area contributed by atoms with Gasteiger partial charge in [0.1, 0.15) is 6.29 Å². The number of pyridine rings is 1. The van der Waals surface area contributed by atoms with E-state index >= 15 is 0 Å². The number of aromatic amines is 1. The second kappa shape index (κ2) is 6.08. The number of carbonyl (C=O) groups is 1. The van der Waals surface area contributed by atoms with E-state index in [2.05, 4.69) is 15.2 Å². The van der Waals surface area contributed by atoms with Crippen molar-refractivity contribution in [1.29, 1.82) is 0 Å². The lowest BCUT2D eigenvalue weighted by molar-refractivity contribution is -0.108. The summed E-state index contributed by atoms with van der Waals surface area (Å²) < 4.78 is 0. The molecule has 0 aliphatic rings. The standard InChI is InChI=1S/C20H15N3O/c24-13-18(15-9-5-2-6-10-15)19-17-11-16(12-21-20(17)23-22-19)14-7-3-1-4-8-14/h1-13,18H,(H,21,22,23). The van der Waals surface area contributed by atoms with E-state index in [-0.39, 0.29) is 5.92 Å². The maximum atomic E-state index is 11.7. The molecule has 0 fully saturated rings. The van der Waals surface area contributed by atoms with Gasteiger partial charge in [0, 0.05) is 17.1 Å². The fraction of sp³-hybridized carbons (Fsp3) is 0.0500. The van der Waals surface area contributed by atoms with Crippen LogP contribution in [0.25, 0.3) is 22.2 Å². The van der Waals surface area contributed by atoms with Crippen LogP contribution in [0.15, 0.2) is 72.9 Å². The summed E-state index contributed by atoms with van der Waals surface area (Å²) in [6.07, 6.45) is 2.75. The average molecular weight is 313 g/mol. The summed E-state index contributed by atoms with van der Waals surface area (Å²) in [6.45, 7) is 0. The second-order valence-electron chi connectivity index (χ2n) is 5.62. The third kappa shape index (κ3) is 2.48. The van der Waals surface area contributed by atoms with Crippen LogP contribution in [0.3, 0.4) is 0 Å². The van der Waals surface area contributed by atoms with Gasteiger partial charge in [0.25, 0.3) is 0 Å². The molecule has 0 saturated carbocycles. The molecule has 0 spiro atoms. The monoisotopic (exact) mass is 313 g/mol. The Morgan fingerprint density at radius 3 is 2.33 bits per heavy atom. The Kier molecular flexibility index (Phi) is 3.63. The summed E-state index contributed by atoms with van der Waals surface area (Å²) in [6, 6.07) is 21.8. The van der Waals surface area contributed by atoms with Crippen LogP contribution in [0.4, 0.5) is 0 Å². The summed E-state index contributed by atoms with van der Waals surface area (Å²) in [7, 11) is 0. The third-order valence-corrected chi connectivity index (χ3v) is 4.15. The Balaban J connectivity index is 1.85. The van der Waals surface area contributed by atoms with Crippen molar-refractivity contribution in [1.82, 2.24) is 15.2 Å². The predicted molar refractivity (Wildman–Crippen MR) is 93.7 cm³/mol. The highest BCUT2D eigenvalue weighted by atomic mass is 16.1. The first-order valence-corrected chi connectivity index (χ1v) is 7.76. The summed E-state index contributed by atoms with van der Waals surface area (Å²) in [5.41, 5.74) is 4.41. The van der Waals surface area contributed by atoms with Crippen LogP contribution in [0.2, 0.25) is 0 Å². The quantitative estimate of drug-likeness (QED) is 0.580. The lowest BCUT2D eigenvalue weighted by Gasteiger charge is -2.09. The van der Waals surface area contributed by atoms with E-state index in [4.69, 9.17) is 0 Å². The van der Waals surface area contributed by atoms with Crippen molar-refractivity contribution in [3.05, 3.63) is 84.2 Å². The van der Waals surface area contributed by atoms with Crippen molar-refractivity contribution in [3.8, 4) is 11.1 Å². The number of hydrogen-bond acceptors (Lipinski definition) is 3. The molecule has 2 aromatic heterocycles. The van der Waals surface area contributed by atoms with Crippen LogP contribution in [0.5, 0.6) is 0 Å². The minimum Gasteiger partial charge on any atom is -0.302 e. The smallest absolute Gasteiger partial charge is 0.181 e. The number of aromatic nitrogens is 3. The highest BCUT2D eigenvalue weighted by Crippen LogP contribution is 2.29. The summed E-state index contributed by atoms with van der Waals surface area (Å²) >= 11 is 0. The largest absolute Gasteiger partial charge is 0.302 e. The van der Waals surface area contributed by atoms with E-state index in [9.17, 15) is 4.79 Å². The van der Waals surface area contributed by atoms with Gasteiger partial charge < -0.3 is 4.79 Å². The minimum atomic E-state index is -0.385. The molecule has 4 aromatic rings. The number of carbonyl (C=O) groups excluding carboxylic acids is 1. The fourth-order valence-electron chi connectivity index (χ4n) is 2.92. The number of nitrogens with zero attached hydrogens (tertiary/aromatic N) is 2. The van der Waals surface area contributed by atoms with Crippen molar-refractivity contribution < 1.29 is 4.79 Å². The van der Waals surface area contributed by atoms with Crippen molar-refractivity contribution in [2.24, 2.45) is 0 Å². The summed E-state index contributed by atoms with van der Waals surface area (Å²) in [4.78, 5) is 16.2. The Morgan fingerprint density at radius 1 is 0.917 bits per heavy atom. The average Bonchev–Trinajstić information content (AvgIpc) is 3.07. The van der Waals surface area contributed by atoms with E-state index in [1.165, 1.54) is 0 Å². The molecule has 0 radical (unpaired) electrons. The summed E-state index contributed by atoms with van der Waals surface area (Å²) in [5, 5.41) is 8.12. The van der Waals surface area contributed by atoms with Gasteiger partial charge in [-0.15, -0.1) is 0 Å². The zero-order chi connectivity index (χ0) is 16.4. The molecule has 2 aromatic carbocycles. The molecule has 0 aliphatic carbocycles. The lowest BCUT2D eigenvalue weighted by atomic mass is 9.95. The Hall–Kier alpha value is -3.27. The highest BCUT2D eigenvalue weighted by molar-refractivity contribution is 5.87. The van der Waals surface area contributed by atoms with Gasteiger partial charge in [-0.3, -0.25) is 5.10 Å². The number of fused-ring (bicyclic) bond motifs is 1. The molecule has 24 heavy (non-hydrogen) atoms. The van der Waals surface area contributed by atoms with Gasteiger partial charge >= 0.3 is 0 Å². The van der Waals surface area contributed by atoms with E-state index < -0.39 is 0 Å². The molecule has 1 unspecified atom stereocenters. The van der Waals surface area contributed by atoms with Gasteiger partial charge in [0.2, 0.25) is 0 Å². The first-order valence-electron chi connectivity index (χ1n) is 7.76. The van der Waals surface area contributed by atoms with E-state index in [0.29, 0.717) is 5.65 Å². The molecule has 0 aliphatic heterocycles. The van der Waals surface area contributed by atoms with Crippen molar-refractivity contribution in [2.45, 2.75) is 5.92 Å². The first kappa shape index (κ1) is 14.3. The molecule has 2 heterocycles. The number of aldehydes is 1. The van der Waals surface area contributed by atoms with Crippen molar-refractivity contribution in [3.63, 3.8) is 0 Å². The minimum absolute atomic E-state index is 0.385. The van der Waals surface area contributed by atoms with Gasteiger partial charge in [-0.25, -0.2) is 4.98 Å². The summed E-state index contributed by atoms with van der Waals surface area (Å²) in [5.74, 6) is -0.385. The van der Waals surface area contributed by atoms with Crippen LogP contribution in [-0.4, -0.2) is 21.5 Å². The molecule has 4 heteroatoms. The van der Waals surface area contributed by atoms with Gasteiger partial charge in [0.15, 0.2) is 5.65 Å². The van der Waals surface area contributed by atoms with Crippen LogP contribution in [0, 0.1) is 0 Å². The van der Waals surface area contributed by atoms with E-state index in [1.807, 2.05) is 66.7 Å². The number of hydrogen-bond donors (Lipinski definition) is 1. The molecular weight excluding hydrogens is 298 g/mol. The third-order valence-electron chi connectivity index (χ3n) is 4.15. The van der Waals surface area contributed by atoms with Gasteiger partial charge in [-0.05, 0) is 17.2 Å². The zero-order valence-electron chi connectivity index (χ0n) is 12.9. The fourth-order valence-corrected chi connectivity index (χ4v) is 2.92. The van der Waals surface area contributed by atoms with E-state index in [1.54, 1.807) is 6.20 Å². The second-order valence-corrected chi connectivity index (χ2v) is 5.62. The number of benzene rings is 2. The Bertz CT molecular complexity index is 978. The molecule has 116 valence electrons. The molecule has 0 saturated heterocycles. The molecule has 4 nitrogen and oxygen atoms in total. The van der Waals surface area contributed by atoms with Crippen molar-refractivity contribution in [2.75, 3.05) is 0 Å². The topological polar surface area (TPSA) is 58.6 Å². The molecule has 0 bridgehead atoms. The molecule has 0 amide bonds. The molecule has 1 N–H and O–H groups in total. The van der Waals surface area contributed by atoms with Crippen LogP contribution < -0.4 is 0 Å².